The second-order valence-corrected chi connectivity index (χ2v) is 12.3. The molecule has 3 aromatic heterocycles. The zero-order chi connectivity index (χ0) is 30.8. The fourth-order valence-corrected chi connectivity index (χ4v) is 6.79. The van der Waals surface area contributed by atoms with Crippen molar-refractivity contribution in [2.24, 2.45) is 0 Å². The summed E-state index contributed by atoms with van der Waals surface area (Å²) >= 11 is 0. The van der Waals surface area contributed by atoms with Gasteiger partial charge in [-0.1, -0.05) is 105 Å². The quantitative estimate of drug-likeness (QED) is 0.203. The second kappa shape index (κ2) is 10.0. The van der Waals surface area contributed by atoms with Gasteiger partial charge in [0.2, 0.25) is 0 Å². The summed E-state index contributed by atoms with van der Waals surface area (Å²) < 4.78 is 6.49. The second-order valence-electron chi connectivity index (χ2n) is 12.3. The number of aromatic nitrogens is 4. The predicted octanol–water partition coefficient (Wildman–Crippen LogP) is 10.1. The van der Waals surface area contributed by atoms with Gasteiger partial charge >= 0.3 is 0 Å². The van der Waals surface area contributed by atoms with Crippen molar-refractivity contribution in [1.82, 2.24) is 19.9 Å². The molecule has 5 nitrogen and oxygen atoms in total. The molecule has 8 aromatic rings. The third-order valence-electron chi connectivity index (χ3n) is 9.21. The Morgan fingerprint density at radius 3 is 1.91 bits per heavy atom. The highest BCUT2D eigenvalue weighted by Gasteiger charge is 2.36. The lowest BCUT2D eigenvalue weighted by atomic mass is 9.82. The van der Waals surface area contributed by atoms with E-state index in [1.165, 1.54) is 22.3 Å². The van der Waals surface area contributed by atoms with Crippen LogP contribution in [0.2, 0.25) is 0 Å². The van der Waals surface area contributed by atoms with Gasteiger partial charge in [0.15, 0.2) is 17.5 Å². The van der Waals surface area contributed by atoms with E-state index in [1.807, 2.05) is 48.5 Å². The number of hydrogen-bond donors (Lipinski definition) is 0. The molecular formula is C41H28N4O. The molecule has 218 valence electrons. The maximum Gasteiger partial charge on any atom is 0.182 e. The number of benzene rings is 5. The van der Waals surface area contributed by atoms with E-state index in [4.69, 9.17) is 19.4 Å². The van der Waals surface area contributed by atoms with E-state index in [-0.39, 0.29) is 5.41 Å². The number of rotatable bonds is 4. The van der Waals surface area contributed by atoms with Crippen molar-refractivity contribution in [2.75, 3.05) is 0 Å². The van der Waals surface area contributed by atoms with Crippen molar-refractivity contribution < 1.29 is 4.42 Å². The van der Waals surface area contributed by atoms with Gasteiger partial charge in [0.1, 0.15) is 16.9 Å². The SMILES string of the molecule is CC1(C)c2ccccc2-c2cc3oc4cc(-c5ccc(-c6nc(-c7ccccc7)nc(-c7ccccn7)n6)cc5)ccc4c3cc21. The van der Waals surface area contributed by atoms with Gasteiger partial charge in [-0.3, -0.25) is 4.98 Å². The summed E-state index contributed by atoms with van der Waals surface area (Å²) in [7, 11) is 0. The molecule has 9 rings (SSSR count). The molecule has 0 spiro atoms. The molecule has 0 bridgehead atoms. The Labute approximate surface area is 266 Å². The van der Waals surface area contributed by atoms with Gasteiger partial charge < -0.3 is 4.42 Å². The molecule has 0 saturated carbocycles. The standard InChI is InChI=1S/C41H28N4O/c1-41(2)33-13-7-6-12-29(33)31-24-37-32(23-34(31)41)30-20-19-28(22-36(30)46-37)25-15-17-27(18-16-25)39-43-38(26-10-4-3-5-11-26)44-40(45-39)35-14-8-9-21-42-35/h3-24H,1-2H3. The maximum absolute atomic E-state index is 6.49. The van der Waals surface area contributed by atoms with Gasteiger partial charge in [-0.05, 0) is 69.8 Å². The lowest BCUT2D eigenvalue weighted by molar-refractivity contribution is 0.658. The molecule has 0 unspecified atom stereocenters. The summed E-state index contributed by atoms with van der Waals surface area (Å²) in [5.74, 6) is 1.76. The number of hydrogen-bond acceptors (Lipinski definition) is 5. The number of pyridine rings is 1. The smallest absolute Gasteiger partial charge is 0.182 e. The molecule has 1 aliphatic carbocycles. The summed E-state index contributed by atoms with van der Waals surface area (Å²) in [6.45, 7) is 4.62. The molecule has 0 N–H and O–H groups in total. The molecule has 0 aliphatic heterocycles. The average Bonchev–Trinajstić information content (AvgIpc) is 3.58. The fourth-order valence-electron chi connectivity index (χ4n) is 6.79. The van der Waals surface area contributed by atoms with Crippen LogP contribution in [0.15, 0.2) is 138 Å². The Kier molecular flexibility index (Phi) is 5.78. The van der Waals surface area contributed by atoms with Crippen LogP contribution in [-0.2, 0) is 5.41 Å². The van der Waals surface area contributed by atoms with E-state index in [9.17, 15) is 0 Å². The third kappa shape index (κ3) is 4.16. The maximum atomic E-state index is 6.49. The van der Waals surface area contributed by atoms with Crippen LogP contribution in [0.3, 0.4) is 0 Å². The predicted molar refractivity (Wildman–Crippen MR) is 184 cm³/mol. The Morgan fingerprint density at radius 2 is 1.13 bits per heavy atom. The first-order valence-electron chi connectivity index (χ1n) is 15.5. The largest absolute Gasteiger partial charge is 0.456 e. The van der Waals surface area contributed by atoms with Crippen molar-refractivity contribution >= 4 is 21.9 Å². The van der Waals surface area contributed by atoms with Crippen molar-refractivity contribution in [3.05, 3.63) is 145 Å². The molecule has 0 saturated heterocycles. The summed E-state index contributed by atoms with van der Waals surface area (Å²) in [6.07, 6.45) is 1.75. The van der Waals surface area contributed by atoms with Crippen molar-refractivity contribution in [2.45, 2.75) is 19.3 Å². The van der Waals surface area contributed by atoms with Gasteiger partial charge in [-0.25, -0.2) is 15.0 Å². The Bertz CT molecular complexity index is 2370. The minimum atomic E-state index is -0.0514. The first-order chi connectivity index (χ1) is 22.5. The third-order valence-corrected chi connectivity index (χ3v) is 9.21. The first-order valence-corrected chi connectivity index (χ1v) is 15.5. The van der Waals surface area contributed by atoms with Crippen LogP contribution >= 0.6 is 0 Å². The lowest BCUT2D eigenvalue weighted by Crippen LogP contribution is -2.14. The fraction of sp³-hybridized carbons (Fsp3) is 0.0732. The molecule has 0 amide bonds. The van der Waals surface area contributed by atoms with Gasteiger partial charge in [0, 0.05) is 33.5 Å². The summed E-state index contributed by atoms with van der Waals surface area (Å²) in [4.78, 5) is 18.9. The minimum Gasteiger partial charge on any atom is -0.456 e. The van der Waals surface area contributed by atoms with E-state index in [0.29, 0.717) is 23.2 Å². The zero-order valence-corrected chi connectivity index (χ0v) is 25.4. The Balaban J connectivity index is 1.09. The normalized spacial score (nSPS) is 13.2. The molecular weight excluding hydrogens is 564 g/mol. The van der Waals surface area contributed by atoms with Gasteiger partial charge in [0.25, 0.3) is 0 Å². The average molecular weight is 593 g/mol. The van der Waals surface area contributed by atoms with Crippen LogP contribution in [0.1, 0.15) is 25.0 Å². The molecule has 46 heavy (non-hydrogen) atoms. The highest BCUT2D eigenvalue weighted by Crippen LogP contribution is 2.50. The summed E-state index contributed by atoms with van der Waals surface area (Å²) in [5.41, 5.74) is 11.8. The van der Waals surface area contributed by atoms with Gasteiger partial charge in [0.05, 0.1) is 0 Å². The number of fused-ring (bicyclic) bond motifs is 6. The topological polar surface area (TPSA) is 64.7 Å². The summed E-state index contributed by atoms with van der Waals surface area (Å²) in [5, 5.41) is 2.29. The van der Waals surface area contributed by atoms with Crippen LogP contribution in [0.4, 0.5) is 0 Å². The molecule has 5 heteroatoms. The van der Waals surface area contributed by atoms with E-state index >= 15 is 0 Å². The highest BCUT2D eigenvalue weighted by atomic mass is 16.3. The van der Waals surface area contributed by atoms with Crippen molar-refractivity contribution in [3.8, 4) is 56.5 Å². The van der Waals surface area contributed by atoms with Crippen LogP contribution in [0, 0.1) is 0 Å². The highest BCUT2D eigenvalue weighted by molar-refractivity contribution is 6.08. The Morgan fingerprint density at radius 1 is 0.478 bits per heavy atom. The zero-order valence-electron chi connectivity index (χ0n) is 25.4. The first kappa shape index (κ1) is 26.5. The van der Waals surface area contributed by atoms with E-state index < -0.39 is 0 Å². The molecule has 0 radical (unpaired) electrons. The van der Waals surface area contributed by atoms with Gasteiger partial charge in [-0.15, -0.1) is 0 Å². The minimum absolute atomic E-state index is 0.0514. The molecule has 5 aromatic carbocycles. The van der Waals surface area contributed by atoms with E-state index in [2.05, 4.69) is 97.7 Å². The van der Waals surface area contributed by atoms with Crippen molar-refractivity contribution in [1.29, 1.82) is 0 Å². The van der Waals surface area contributed by atoms with E-state index in [0.717, 1.165) is 44.2 Å². The molecule has 0 fully saturated rings. The monoisotopic (exact) mass is 592 g/mol. The molecule has 1 aliphatic rings. The number of furan rings is 1. The van der Waals surface area contributed by atoms with Crippen molar-refractivity contribution in [3.63, 3.8) is 0 Å². The van der Waals surface area contributed by atoms with Crippen LogP contribution in [0.5, 0.6) is 0 Å². The van der Waals surface area contributed by atoms with Crippen LogP contribution in [0.25, 0.3) is 78.5 Å². The summed E-state index contributed by atoms with van der Waals surface area (Å²) in [6, 6.07) is 43.8. The lowest BCUT2D eigenvalue weighted by Gasteiger charge is -2.21. The Hall–Kier alpha value is -5.94. The van der Waals surface area contributed by atoms with Gasteiger partial charge in [-0.2, -0.15) is 0 Å². The van der Waals surface area contributed by atoms with E-state index in [1.54, 1.807) is 6.20 Å². The molecule has 3 heterocycles. The number of nitrogens with zero attached hydrogens (tertiary/aromatic N) is 4. The van der Waals surface area contributed by atoms with Crippen LogP contribution < -0.4 is 0 Å². The van der Waals surface area contributed by atoms with Crippen LogP contribution in [-0.4, -0.2) is 19.9 Å². The molecule has 0 atom stereocenters.